The number of hydrogen-bond donors (Lipinski definition) is 0. The fourth-order valence-corrected chi connectivity index (χ4v) is 2.41. The number of esters is 2. The van der Waals surface area contributed by atoms with Gasteiger partial charge in [-0.2, -0.15) is 0 Å². The molecule has 1 aliphatic rings. The first-order valence-electron chi connectivity index (χ1n) is 4.10. The number of hydrogen-bond acceptors (Lipinski definition) is 4. The van der Waals surface area contributed by atoms with Crippen molar-refractivity contribution in [1.29, 1.82) is 0 Å². The molecule has 0 amide bonds. The number of ether oxygens (including phenoxy) is 2. The van der Waals surface area contributed by atoms with Gasteiger partial charge in [0.05, 0.1) is 0 Å². The van der Waals surface area contributed by atoms with E-state index < -0.39 is 31.8 Å². The molecule has 0 spiro atoms. The summed E-state index contributed by atoms with van der Waals surface area (Å²) in [4.78, 5) is 21.4. The normalized spacial score (nSPS) is 29.4. The van der Waals surface area contributed by atoms with E-state index in [1.165, 1.54) is 6.92 Å². The van der Waals surface area contributed by atoms with Crippen molar-refractivity contribution in [2.75, 3.05) is 13.3 Å². The van der Waals surface area contributed by atoms with Crippen molar-refractivity contribution in [1.82, 2.24) is 0 Å². The second kappa shape index (κ2) is 3.42. The van der Waals surface area contributed by atoms with Gasteiger partial charge in [0.25, 0.3) is 0 Å². The monoisotopic (exact) mass is 228 g/mol. The first-order chi connectivity index (χ1) is 6.32. The van der Waals surface area contributed by atoms with Gasteiger partial charge in [0.1, 0.15) is 0 Å². The molecular weight excluding hydrogens is 217 g/mol. The zero-order chi connectivity index (χ0) is 11.0. The Morgan fingerprint density at radius 3 is 2.36 bits per heavy atom. The fourth-order valence-electron chi connectivity index (χ4n) is 1.19. The van der Waals surface area contributed by atoms with Crippen LogP contribution in [-0.4, -0.2) is 30.6 Å². The van der Waals surface area contributed by atoms with E-state index in [0.717, 1.165) is 6.66 Å². The minimum atomic E-state index is -4.70. The SMILES string of the molecule is CCC1([PH](C)(F)F)COC(=O)C(=O)O1. The van der Waals surface area contributed by atoms with Crippen molar-refractivity contribution in [2.45, 2.75) is 18.7 Å². The molecule has 0 aliphatic carbocycles. The Morgan fingerprint density at radius 2 is 2.00 bits per heavy atom. The zero-order valence-electron chi connectivity index (χ0n) is 7.80. The average molecular weight is 228 g/mol. The van der Waals surface area contributed by atoms with Gasteiger partial charge in [-0.3, -0.25) is 0 Å². The van der Waals surface area contributed by atoms with Crippen molar-refractivity contribution >= 4 is 19.8 Å². The molecule has 1 fully saturated rings. The minimum absolute atomic E-state index is 0.0538. The molecule has 0 aromatic heterocycles. The Kier molecular flexibility index (Phi) is 2.76. The van der Waals surface area contributed by atoms with Crippen molar-refractivity contribution < 1.29 is 27.5 Å². The van der Waals surface area contributed by atoms with Crippen molar-refractivity contribution in [3.05, 3.63) is 0 Å². The van der Waals surface area contributed by atoms with E-state index in [2.05, 4.69) is 9.47 Å². The van der Waals surface area contributed by atoms with Crippen LogP contribution in [0.25, 0.3) is 0 Å². The Morgan fingerprint density at radius 1 is 1.43 bits per heavy atom. The third kappa shape index (κ3) is 1.71. The van der Waals surface area contributed by atoms with Crippen LogP contribution < -0.4 is 0 Å². The summed E-state index contributed by atoms with van der Waals surface area (Å²) in [5.74, 6) is -2.53. The van der Waals surface area contributed by atoms with Crippen molar-refractivity contribution in [3.8, 4) is 0 Å². The van der Waals surface area contributed by atoms with Crippen LogP contribution in [0.3, 0.4) is 0 Å². The molecule has 0 N–H and O–H groups in total. The number of halogens is 2. The van der Waals surface area contributed by atoms with E-state index in [0.29, 0.717) is 0 Å². The van der Waals surface area contributed by atoms with Gasteiger partial charge < -0.3 is 0 Å². The number of carbonyl (C=O) groups excluding carboxylic acids is 2. The predicted octanol–water partition coefficient (Wildman–Crippen LogP) is 1.34. The van der Waals surface area contributed by atoms with E-state index in [4.69, 9.17) is 0 Å². The van der Waals surface area contributed by atoms with Crippen LogP contribution in [0, 0.1) is 0 Å². The summed E-state index contributed by atoms with van der Waals surface area (Å²) in [6.45, 7) is 1.70. The van der Waals surface area contributed by atoms with E-state index in [1.54, 1.807) is 0 Å². The summed E-state index contributed by atoms with van der Waals surface area (Å²) in [5.41, 5.74) is 0. The van der Waals surface area contributed by atoms with Gasteiger partial charge in [-0.15, -0.1) is 0 Å². The third-order valence-electron chi connectivity index (χ3n) is 2.26. The molecule has 1 rings (SSSR count). The van der Waals surface area contributed by atoms with Crippen LogP contribution in [0.4, 0.5) is 8.39 Å². The van der Waals surface area contributed by atoms with E-state index >= 15 is 0 Å². The summed E-state index contributed by atoms with van der Waals surface area (Å²) in [5, 5.41) is -1.88. The van der Waals surface area contributed by atoms with Gasteiger partial charge in [0, 0.05) is 0 Å². The molecule has 1 heterocycles. The Balaban J connectivity index is 2.93. The second-order valence-corrected chi connectivity index (χ2v) is 5.89. The van der Waals surface area contributed by atoms with E-state index in [9.17, 15) is 18.0 Å². The maximum absolute atomic E-state index is 13.2. The molecule has 0 aromatic rings. The van der Waals surface area contributed by atoms with Gasteiger partial charge in [0.15, 0.2) is 0 Å². The first-order valence-corrected chi connectivity index (χ1v) is 6.36. The Bertz CT molecular complexity index is 275. The molecule has 0 saturated carbocycles. The van der Waals surface area contributed by atoms with Gasteiger partial charge >= 0.3 is 79.2 Å². The number of rotatable bonds is 2. The topological polar surface area (TPSA) is 52.6 Å². The zero-order valence-corrected chi connectivity index (χ0v) is 8.80. The quantitative estimate of drug-likeness (QED) is 0.406. The van der Waals surface area contributed by atoms with Crippen LogP contribution in [-0.2, 0) is 19.1 Å². The van der Waals surface area contributed by atoms with Crippen LogP contribution in [0.15, 0.2) is 0 Å². The Hall–Kier alpha value is -0.770. The molecule has 0 radical (unpaired) electrons. The van der Waals surface area contributed by atoms with Crippen LogP contribution in [0.1, 0.15) is 13.3 Å². The third-order valence-corrected chi connectivity index (χ3v) is 4.46. The molecule has 1 unspecified atom stereocenters. The molecule has 14 heavy (non-hydrogen) atoms. The standard InChI is InChI=1S/C7H11F2O4P/c1-3-7(14(2,8)9)4-12-5(10)6(11)13-7/h14H,3-4H2,1-2H3. The van der Waals surface area contributed by atoms with E-state index in [-0.39, 0.29) is 6.42 Å². The van der Waals surface area contributed by atoms with Gasteiger partial charge in [-0.05, 0) is 0 Å². The fraction of sp³-hybridized carbons (Fsp3) is 0.714. The molecule has 4 nitrogen and oxygen atoms in total. The first kappa shape index (κ1) is 11.3. The average Bonchev–Trinajstić information content (AvgIpc) is 2.08. The molecule has 7 heteroatoms. The number of carbonyl (C=O) groups is 2. The van der Waals surface area contributed by atoms with Gasteiger partial charge in [-0.25, -0.2) is 0 Å². The second-order valence-electron chi connectivity index (χ2n) is 3.20. The Labute approximate surface area is 80.1 Å². The van der Waals surface area contributed by atoms with Crippen LogP contribution in [0.2, 0.25) is 0 Å². The number of cyclic esters (lactones) is 2. The van der Waals surface area contributed by atoms with Crippen molar-refractivity contribution in [3.63, 3.8) is 0 Å². The molecule has 1 atom stereocenters. The molecule has 1 aliphatic heterocycles. The summed E-state index contributed by atoms with van der Waals surface area (Å²) in [6, 6.07) is 0. The maximum atomic E-state index is 13.2. The van der Waals surface area contributed by atoms with E-state index in [1.807, 2.05) is 0 Å². The summed E-state index contributed by atoms with van der Waals surface area (Å²) >= 11 is 0. The van der Waals surface area contributed by atoms with Crippen LogP contribution in [0.5, 0.6) is 0 Å². The molecule has 0 aromatic carbocycles. The van der Waals surface area contributed by atoms with Gasteiger partial charge in [0.2, 0.25) is 0 Å². The van der Waals surface area contributed by atoms with Crippen LogP contribution >= 0.6 is 7.88 Å². The van der Waals surface area contributed by atoms with Gasteiger partial charge in [-0.1, -0.05) is 0 Å². The van der Waals surface area contributed by atoms with Crippen molar-refractivity contribution in [2.24, 2.45) is 0 Å². The molecule has 1 saturated heterocycles. The summed E-state index contributed by atoms with van der Waals surface area (Å²) < 4.78 is 35.3. The molecular formula is C7H11F2O4P. The molecule has 0 bridgehead atoms. The summed E-state index contributed by atoms with van der Waals surface area (Å²) in [7, 11) is -4.70. The molecule has 82 valence electrons. The predicted molar refractivity (Wildman–Crippen MR) is 46.5 cm³/mol. The summed E-state index contributed by atoms with van der Waals surface area (Å²) in [6.07, 6.45) is -0.0538.